The monoisotopic (exact) mass is 312 g/mol. The Balaban J connectivity index is 2.10. The number of Topliss-reactive ketones (excluding diaryl/α,β-unsaturated/α-hetero) is 2. The van der Waals surface area contributed by atoms with Gasteiger partial charge in [0.15, 0.2) is 16.3 Å². The van der Waals surface area contributed by atoms with Crippen molar-refractivity contribution < 1.29 is 23.9 Å². The van der Waals surface area contributed by atoms with E-state index < -0.39 is 45.4 Å². The lowest BCUT2D eigenvalue weighted by Crippen LogP contribution is -2.60. The van der Waals surface area contributed by atoms with E-state index in [1.54, 1.807) is 20.1 Å². The summed E-state index contributed by atoms with van der Waals surface area (Å²) in [5.41, 5.74) is -1.78. The molecule has 0 aromatic rings. The van der Waals surface area contributed by atoms with E-state index in [9.17, 15) is 19.2 Å². The third-order valence-electron chi connectivity index (χ3n) is 5.13. The summed E-state index contributed by atoms with van der Waals surface area (Å²) in [5.74, 6) is -2.00. The Morgan fingerprint density at radius 1 is 1.19 bits per heavy atom. The van der Waals surface area contributed by atoms with Crippen molar-refractivity contribution in [1.82, 2.24) is 10.6 Å². The third-order valence-corrected chi connectivity index (χ3v) is 6.40. The van der Waals surface area contributed by atoms with Crippen LogP contribution in [0.25, 0.3) is 0 Å². The first kappa shape index (κ1) is 14.5. The van der Waals surface area contributed by atoms with Gasteiger partial charge in [0.1, 0.15) is 11.6 Å². The molecular formula is C13H16N2O5S. The Morgan fingerprint density at radius 2 is 1.81 bits per heavy atom. The van der Waals surface area contributed by atoms with Gasteiger partial charge in [-0.3, -0.25) is 19.7 Å². The highest BCUT2D eigenvalue weighted by Gasteiger charge is 2.90. The zero-order chi connectivity index (χ0) is 15.8. The first-order chi connectivity index (χ1) is 9.71. The highest BCUT2D eigenvalue weighted by molar-refractivity contribution is 8.01. The Morgan fingerprint density at radius 3 is 2.19 bits per heavy atom. The number of ether oxygens (including phenoxy) is 1. The molecule has 3 aliphatic rings. The van der Waals surface area contributed by atoms with Crippen LogP contribution in [0, 0.1) is 11.3 Å². The number of nitrogens with one attached hydrogen (secondary N) is 2. The van der Waals surface area contributed by atoms with Gasteiger partial charge in [-0.2, -0.15) is 0 Å². The summed E-state index contributed by atoms with van der Waals surface area (Å²) in [6.45, 7) is 3.60. The molecule has 3 amide bonds. The van der Waals surface area contributed by atoms with E-state index in [4.69, 9.17) is 4.74 Å². The Kier molecular flexibility index (Phi) is 2.67. The van der Waals surface area contributed by atoms with Gasteiger partial charge >= 0.3 is 6.03 Å². The van der Waals surface area contributed by atoms with Gasteiger partial charge in [0, 0.05) is 12.5 Å². The van der Waals surface area contributed by atoms with Gasteiger partial charge in [0.05, 0.1) is 5.92 Å². The van der Waals surface area contributed by atoms with Gasteiger partial charge in [-0.25, -0.2) is 4.79 Å². The molecule has 7 nitrogen and oxygen atoms in total. The average Bonchev–Trinajstić information content (AvgIpc) is 2.61. The molecule has 0 aromatic heterocycles. The van der Waals surface area contributed by atoms with Crippen molar-refractivity contribution in [3.63, 3.8) is 0 Å². The maximum atomic E-state index is 13.0. The van der Waals surface area contributed by atoms with Crippen LogP contribution >= 0.6 is 11.8 Å². The number of methoxy groups -OCH3 is 1. The van der Waals surface area contributed by atoms with Crippen LogP contribution in [0.15, 0.2) is 0 Å². The molecule has 1 aliphatic heterocycles. The summed E-state index contributed by atoms with van der Waals surface area (Å²) in [5, 5.41) is 4.47. The molecule has 0 bridgehead atoms. The van der Waals surface area contributed by atoms with Crippen LogP contribution in [-0.4, -0.2) is 53.3 Å². The maximum absolute atomic E-state index is 13.0. The van der Waals surface area contributed by atoms with Crippen molar-refractivity contribution in [2.24, 2.45) is 11.3 Å². The van der Waals surface area contributed by atoms with Gasteiger partial charge in [-0.05, 0) is 6.26 Å². The van der Waals surface area contributed by atoms with E-state index in [0.29, 0.717) is 0 Å². The second-order valence-electron chi connectivity index (χ2n) is 6.12. The van der Waals surface area contributed by atoms with Crippen molar-refractivity contribution in [3.8, 4) is 0 Å². The Hall–Kier alpha value is -1.41. The van der Waals surface area contributed by atoms with Crippen LogP contribution in [-0.2, 0) is 19.1 Å². The molecule has 0 radical (unpaired) electrons. The van der Waals surface area contributed by atoms with Crippen molar-refractivity contribution in [1.29, 1.82) is 0 Å². The first-order valence-corrected chi connectivity index (χ1v) is 7.75. The zero-order valence-corrected chi connectivity index (χ0v) is 12.9. The quantitative estimate of drug-likeness (QED) is 0.537. The summed E-state index contributed by atoms with van der Waals surface area (Å²) in [7, 11) is 1.40. The highest BCUT2D eigenvalue weighted by Crippen LogP contribution is 2.72. The number of hydrogen-bond donors (Lipinski definition) is 2. The molecule has 4 atom stereocenters. The van der Waals surface area contributed by atoms with Gasteiger partial charge in [0.25, 0.3) is 5.91 Å². The van der Waals surface area contributed by atoms with Gasteiger partial charge in [0.2, 0.25) is 0 Å². The van der Waals surface area contributed by atoms with E-state index in [0.717, 1.165) is 11.8 Å². The number of rotatable bonds is 3. The predicted octanol–water partition coefficient (Wildman–Crippen LogP) is -0.511. The lowest BCUT2D eigenvalue weighted by molar-refractivity contribution is -0.139. The van der Waals surface area contributed by atoms with Gasteiger partial charge in [-0.15, -0.1) is 11.8 Å². The van der Waals surface area contributed by atoms with E-state index in [1.165, 1.54) is 7.11 Å². The fourth-order valence-corrected chi connectivity index (χ4v) is 5.08. The molecule has 8 heteroatoms. The number of imide groups is 1. The summed E-state index contributed by atoms with van der Waals surface area (Å²) in [6, 6.07) is -1.87. The molecule has 1 heterocycles. The minimum Gasteiger partial charge on any atom is -0.369 e. The maximum Gasteiger partial charge on any atom is 0.322 e. The molecule has 4 unspecified atom stereocenters. The standard InChI is InChI=1S/C13H16N2O5S/c1-11(2)5-7(16)12(21-4,9(18)13(5,11)20-3)6-8(17)15-10(19)14-6/h5-6H,1-4H3,(H2,14,15,17,19). The van der Waals surface area contributed by atoms with Crippen LogP contribution in [0.5, 0.6) is 0 Å². The summed E-state index contributed by atoms with van der Waals surface area (Å²) < 4.78 is 3.82. The van der Waals surface area contributed by atoms with E-state index in [1.807, 2.05) is 0 Å². The average molecular weight is 312 g/mol. The second-order valence-corrected chi connectivity index (χ2v) is 7.18. The molecule has 3 fully saturated rings. The van der Waals surface area contributed by atoms with Crippen LogP contribution in [0.4, 0.5) is 4.79 Å². The molecule has 2 aliphatic carbocycles. The number of amides is 3. The normalized spacial score (nSPS) is 43.6. The second kappa shape index (κ2) is 3.86. The fourth-order valence-electron chi connectivity index (χ4n) is 4.02. The van der Waals surface area contributed by atoms with E-state index >= 15 is 0 Å². The minimum atomic E-state index is -1.60. The van der Waals surface area contributed by atoms with Crippen LogP contribution < -0.4 is 10.6 Å². The van der Waals surface area contributed by atoms with Crippen molar-refractivity contribution in [3.05, 3.63) is 0 Å². The summed E-state index contributed by atoms with van der Waals surface area (Å²) in [4.78, 5) is 49.2. The van der Waals surface area contributed by atoms with Crippen molar-refractivity contribution in [2.75, 3.05) is 13.4 Å². The van der Waals surface area contributed by atoms with Crippen LogP contribution in [0.1, 0.15) is 13.8 Å². The van der Waals surface area contributed by atoms with Gasteiger partial charge in [-0.1, -0.05) is 13.8 Å². The third kappa shape index (κ3) is 1.27. The highest BCUT2D eigenvalue weighted by atomic mass is 32.2. The number of carbonyl (C=O) groups is 4. The molecule has 114 valence electrons. The van der Waals surface area contributed by atoms with Crippen LogP contribution in [0.3, 0.4) is 0 Å². The molecule has 2 N–H and O–H groups in total. The lowest BCUT2D eigenvalue weighted by atomic mass is 9.84. The fraction of sp³-hybridized carbons (Fsp3) is 0.692. The largest absolute Gasteiger partial charge is 0.369 e. The minimum absolute atomic E-state index is 0.339. The molecule has 2 saturated carbocycles. The predicted molar refractivity (Wildman–Crippen MR) is 73.7 cm³/mol. The Labute approximate surface area is 125 Å². The van der Waals surface area contributed by atoms with Crippen molar-refractivity contribution in [2.45, 2.75) is 30.2 Å². The van der Waals surface area contributed by atoms with Gasteiger partial charge < -0.3 is 10.1 Å². The first-order valence-electron chi connectivity index (χ1n) is 6.52. The van der Waals surface area contributed by atoms with E-state index in [2.05, 4.69) is 10.6 Å². The number of ketones is 2. The molecule has 21 heavy (non-hydrogen) atoms. The number of carbonyl (C=O) groups excluding carboxylic acids is 4. The van der Waals surface area contributed by atoms with E-state index in [-0.39, 0.29) is 5.78 Å². The molecule has 1 saturated heterocycles. The number of thioether (sulfide) groups is 1. The number of hydrogen-bond acceptors (Lipinski definition) is 6. The van der Waals surface area contributed by atoms with Crippen molar-refractivity contribution >= 4 is 35.3 Å². The van der Waals surface area contributed by atoms with Crippen LogP contribution in [0.2, 0.25) is 0 Å². The number of fused-ring (bicyclic) bond motifs is 1. The summed E-state index contributed by atoms with van der Waals surface area (Å²) >= 11 is 0.993. The number of urea groups is 1. The zero-order valence-electron chi connectivity index (χ0n) is 12.1. The SMILES string of the molecule is COC12C(=O)C(SC)(C3NC(=O)NC3=O)C(=O)C1C2(C)C. The topological polar surface area (TPSA) is 102 Å². The lowest BCUT2D eigenvalue weighted by Gasteiger charge is -2.33. The smallest absolute Gasteiger partial charge is 0.322 e. The molecule has 0 aromatic carbocycles. The Bertz CT molecular complexity index is 603. The molecule has 0 spiro atoms. The summed E-state index contributed by atoms with van der Waals surface area (Å²) in [6.07, 6.45) is 1.59. The molecule has 3 rings (SSSR count). The molecular weight excluding hydrogens is 296 g/mol.